The number of aryl methyl sites for hydroxylation is 1. The number of nitrogens with one attached hydrogen (secondary N) is 1. The van der Waals surface area contributed by atoms with E-state index in [0.29, 0.717) is 17.5 Å². The van der Waals surface area contributed by atoms with Crippen LogP contribution in [-0.2, 0) is 6.54 Å². The average molecular weight is 313 g/mol. The van der Waals surface area contributed by atoms with Crippen LogP contribution in [0.15, 0.2) is 11.0 Å². The minimum absolute atomic E-state index is 0.168. The van der Waals surface area contributed by atoms with Crippen LogP contribution in [0.3, 0.4) is 0 Å². The third-order valence-electron chi connectivity index (χ3n) is 4.04. The molecule has 1 fully saturated rings. The lowest BCUT2D eigenvalue weighted by atomic mass is 9.98. The predicted molar refractivity (Wildman–Crippen MR) is 87.3 cm³/mol. The second kappa shape index (κ2) is 7.80. The van der Waals surface area contributed by atoms with Crippen LogP contribution in [0.25, 0.3) is 0 Å². The maximum atomic E-state index is 12.3. The van der Waals surface area contributed by atoms with Gasteiger partial charge in [0.15, 0.2) is 0 Å². The van der Waals surface area contributed by atoms with Crippen molar-refractivity contribution in [3.8, 4) is 0 Å². The minimum Gasteiger partial charge on any atom is -0.369 e. The number of piperidine rings is 1. The summed E-state index contributed by atoms with van der Waals surface area (Å²) in [6, 6.07) is 0. The van der Waals surface area contributed by atoms with Crippen molar-refractivity contribution in [2.45, 2.75) is 39.2 Å². The van der Waals surface area contributed by atoms with Crippen LogP contribution in [0.2, 0.25) is 5.02 Å². The topological polar surface area (TPSA) is 50.2 Å². The fourth-order valence-corrected chi connectivity index (χ4v) is 3.15. The van der Waals surface area contributed by atoms with Gasteiger partial charge in [-0.25, -0.2) is 4.68 Å². The third kappa shape index (κ3) is 3.98. The van der Waals surface area contributed by atoms with E-state index < -0.39 is 0 Å². The molecule has 1 aromatic rings. The Morgan fingerprint density at radius 3 is 3.05 bits per heavy atom. The Labute approximate surface area is 131 Å². The van der Waals surface area contributed by atoms with Crippen molar-refractivity contribution in [2.75, 3.05) is 31.6 Å². The van der Waals surface area contributed by atoms with Gasteiger partial charge in [-0.1, -0.05) is 24.9 Å². The van der Waals surface area contributed by atoms with Crippen molar-refractivity contribution in [3.63, 3.8) is 0 Å². The summed E-state index contributed by atoms with van der Waals surface area (Å²) < 4.78 is 1.48. The van der Waals surface area contributed by atoms with Crippen LogP contribution in [0, 0.1) is 5.92 Å². The zero-order valence-electron chi connectivity index (χ0n) is 12.9. The highest BCUT2D eigenvalue weighted by Crippen LogP contribution is 2.26. The van der Waals surface area contributed by atoms with Crippen molar-refractivity contribution >= 4 is 17.3 Å². The molecule has 0 aromatic carbocycles. The van der Waals surface area contributed by atoms with Gasteiger partial charge in [-0.3, -0.25) is 4.79 Å². The molecule has 1 N–H and O–H groups in total. The van der Waals surface area contributed by atoms with Crippen LogP contribution >= 0.6 is 11.6 Å². The van der Waals surface area contributed by atoms with E-state index in [0.717, 1.165) is 44.6 Å². The van der Waals surface area contributed by atoms with E-state index >= 15 is 0 Å². The minimum atomic E-state index is -0.168. The largest absolute Gasteiger partial charge is 0.369 e. The molecule has 0 aliphatic carbocycles. The summed E-state index contributed by atoms with van der Waals surface area (Å²) in [5, 5.41) is 7.82. The van der Waals surface area contributed by atoms with Gasteiger partial charge >= 0.3 is 0 Å². The second-order valence-electron chi connectivity index (χ2n) is 5.74. The van der Waals surface area contributed by atoms with Crippen LogP contribution in [0.4, 0.5) is 5.69 Å². The Morgan fingerprint density at radius 2 is 2.33 bits per heavy atom. The van der Waals surface area contributed by atoms with E-state index in [9.17, 15) is 4.79 Å². The maximum Gasteiger partial charge on any atom is 0.287 e. The van der Waals surface area contributed by atoms with E-state index in [-0.39, 0.29) is 5.56 Å². The molecule has 1 atom stereocenters. The predicted octanol–water partition coefficient (Wildman–Crippen LogP) is 2.13. The number of hydrogen-bond donors (Lipinski definition) is 1. The smallest absolute Gasteiger partial charge is 0.287 e. The lowest BCUT2D eigenvalue weighted by Crippen LogP contribution is -2.40. The van der Waals surface area contributed by atoms with Crippen molar-refractivity contribution in [1.82, 2.24) is 15.1 Å². The number of anilines is 1. The highest BCUT2D eigenvalue weighted by Gasteiger charge is 2.22. The molecule has 1 aliphatic heterocycles. The monoisotopic (exact) mass is 312 g/mol. The molecule has 1 saturated heterocycles. The van der Waals surface area contributed by atoms with Gasteiger partial charge in [0.1, 0.15) is 5.02 Å². The van der Waals surface area contributed by atoms with E-state index in [2.05, 4.69) is 22.2 Å². The van der Waals surface area contributed by atoms with Crippen LogP contribution < -0.4 is 15.8 Å². The fraction of sp³-hybridized carbons (Fsp3) is 0.733. The Kier molecular flexibility index (Phi) is 6.06. The van der Waals surface area contributed by atoms with Crippen molar-refractivity contribution < 1.29 is 0 Å². The molecule has 0 saturated carbocycles. The zero-order valence-corrected chi connectivity index (χ0v) is 13.7. The average Bonchev–Trinajstić information content (AvgIpc) is 2.49. The summed E-state index contributed by atoms with van der Waals surface area (Å²) >= 11 is 6.30. The summed E-state index contributed by atoms with van der Waals surface area (Å²) in [5.41, 5.74) is 0.619. The third-order valence-corrected chi connectivity index (χ3v) is 4.40. The lowest BCUT2D eigenvalue weighted by molar-refractivity contribution is 0.402. The van der Waals surface area contributed by atoms with Crippen molar-refractivity contribution in [1.29, 1.82) is 0 Å². The first-order valence-electron chi connectivity index (χ1n) is 7.82. The van der Waals surface area contributed by atoms with E-state index in [1.165, 1.54) is 11.1 Å². The van der Waals surface area contributed by atoms with Crippen molar-refractivity contribution in [2.24, 2.45) is 5.92 Å². The lowest BCUT2D eigenvalue weighted by Gasteiger charge is -2.34. The Morgan fingerprint density at radius 1 is 1.52 bits per heavy atom. The molecule has 2 rings (SSSR count). The standard InChI is InChI=1S/C15H25ClN4O/c1-3-4-8-20-15(21)14(16)13(10-18-20)19-7-5-6-12(11-19)9-17-2/h10,12,17H,3-9,11H2,1-2H3. The molecular formula is C15H25ClN4O. The van der Waals surface area contributed by atoms with E-state index in [4.69, 9.17) is 11.6 Å². The molecule has 1 unspecified atom stereocenters. The highest BCUT2D eigenvalue weighted by molar-refractivity contribution is 6.33. The first kappa shape index (κ1) is 16.3. The molecule has 1 aromatic heterocycles. The fourth-order valence-electron chi connectivity index (χ4n) is 2.88. The van der Waals surface area contributed by atoms with Crippen LogP contribution in [0.1, 0.15) is 32.6 Å². The molecule has 118 valence electrons. The van der Waals surface area contributed by atoms with Crippen LogP contribution in [0.5, 0.6) is 0 Å². The molecular weight excluding hydrogens is 288 g/mol. The van der Waals surface area contributed by atoms with Gasteiger partial charge in [0.25, 0.3) is 5.56 Å². The highest BCUT2D eigenvalue weighted by atomic mass is 35.5. The molecule has 0 spiro atoms. The van der Waals surface area contributed by atoms with E-state index in [1.54, 1.807) is 6.20 Å². The molecule has 5 nitrogen and oxygen atoms in total. The van der Waals surface area contributed by atoms with Gasteiger partial charge in [0.05, 0.1) is 11.9 Å². The summed E-state index contributed by atoms with van der Waals surface area (Å²) in [6.07, 6.45) is 6.07. The Bertz CT molecular complexity index is 515. The molecule has 21 heavy (non-hydrogen) atoms. The van der Waals surface area contributed by atoms with Gasteiger partial charge in [-0.05, 0) is 38.8 Å². The van der Waals surface area contributed by atoms with E-state index in [1.807, 2.05) is 7.05 Å². The molecule has 2 heterocycles. The molecule has 0 bridgehead atoms. The maximum absolute atomic E-state index is 12.3. The van der Waals surface area contributed by atoms with Gasteiger partial charge in [0.2, 0.25) is 0 Å². The SMILES string of the molecule is CCCCn1ncc(N2CCCC(CNC)C2)c(Cl)c1=O. The molecule has 0 radical (unpaired) electrons. The second-order valence-corrected chi connectivity index (χ2v) is 6.12. The molecule has 6 heteroatoms. The number of nitrogens with zero attached hydrogens (tertiary/aromatic N) is 3. The molecule has 0 amide bonds. The first-order valence-corrected chi connectivity index (χ1v) is 8.20. The van der Waals surface area contributed by atoms with Gasteiger partial charge < -0.3 is 10.2 Å². The number of aromatic nitrogens is 2. The summed E-state index contributed by atoms with van der Waals surface area (Å²) in [6.45, 7) is 5.60. The number of hydrogen-bond acceptors (Lipinski definition) is 4. The number of halogens is 1. The van der Waals surface area contributed by atoms with Crippen LogP contribution in [-0.4, -0.2) is 36.5 Å². The Hall–Kier alpha value is -1.07. The number of rotatable bonds is 6. The zero-order chi connectivity index (χ0) is 15.2. The molecule has 1 aliphatic rings. The summed E-state index contributed by atoms with van der Waals surface area (Å²) in [5.74, 6) is 0.599. The van der Waals surface area contributed by atoms with Gasteiger partial charge in [-0.2, -0.15) is 5.10 Å². The van der Waals surface area contributed by atoms with Gasteiger partial charge in [-0.15, -0.1) is 0 Å². The first-order chi connectivity index (χ1) is 10.2. The summed E-state index contributed by atoms with van der Waals surface area (Å²) in [7, 11) is 1.97. The Balaban J connectivity index is 2.16. The van der Waals surface area contributed by atoms with Gasteiger partial charge in [0, 0.05) is 19.6 Å². The van der Waals surface area contributed by atoms with Crippen molar-refractivity contribution in [3.05, 3.63) is 21.6 Å². The quantitative estimate of drug-likeness (QED) is 0.874. The normalized spacial score (nSPS) is 19.0. The number of unbranched alkanes of at least 4 members (excludes halogenated alkanes) is 1. The summed E-state index contributed by atoms with van der Waals surface area (Å²) in [4.78, 5) is 14.5.